The van der Waals surface area contributed by atoms with E-state index in [1.807, 2.05) is 70.4 Å². The van der Waals surface area contributed by atoms with E-state index in [0.717, 1.165) is 21.3 Å². The second kappa shape index (κ2) is 8.80. The number of ketones is 1. The highest BCUT2D eigenvalue weighted by atomic mass is 79.9. The van der Waals surface area contributed by atoms with Gasteiger partial charge in [0.1, 0.15) is 31.5 Å². The van der Waals surface area contributed by atoms with Gasteiger partial charge in [0.2, 0.25) is 5.78 Å². The third kappa shape index (κ3) is 5.94. The molecule has 2 aromatic carbocycles. The average molecular weight is 421 g/mol. The van der Waals surface area contributed by atoms with Gasteiger partial charge in [-0.25, -0.2) is 0 Å². The maximum Gasteiger partial charge on any atom is 0.216 e. The van der Waals surface area contributed by atoms with Crippen molar-refractivity contribution in [3.05, 3.63) is 63.6 Å². The lowest BCUT2D eigenvalue weighted by Crippen LogP contribution is -2.49. The van der Waals surface area contributed by atoms with E-state index in [4.69, 9.17) is 4.74 Å². The van der Waals surface area contributed by atoms with Crippen molar-refractivity contribution in [3.8, 4) is 5.75 Å². The Labute approximate surface area is 164 Å². The number of ether oxygens (including phenoxy) is 1. The molecule has 0 aromatic heterocycles. The Kier molecular flexibility index (Phi) is 6.98. The molecule has 140 valence electrons. The largest absolute Gasteiger partial charge is 0.490 e. The number of benzene rings is 2. The molecule has 0 heterocycles. The van der Waals surface area contributed by atoms with Gasteiger partial charge in [-0.3, -0.25) is 4.79 Å². The molecule has 0 aliphatic heterocycles. The van der Waals surface area contributed by atoms with Gasteiger partial charge in [-0.2, -0.15) is 0 Å². The molecule has 0 fully saturated rings. The molecule has 26 heavy (non-hydrogen) atoms. The number of para-hydroxylation sites is 1. The minimum atomic E-state index is -0.651. The van der Waals surface area contributed by atoms with Crippen LogP contribution in [0.4, 0.5) is 0 Å². The molecule has 0 unspecified atom stereocenters. The first-order chi connectivity index (χ1) is 12.2. The minimum Gasteiger partial charge on any atom is -0.490 e. The number of halogens is 1. The van der Waals surface area contributed by atoms with E-state index < -0.39 is 6.10 Å². The molecule has 0 aliphatic rings. The van der Waals surface area contributed by atoms with E-state index in [2.05, 4.69) is 15.9 Å². The lowest BCUT2D eigenvalue weighted by atomic mass is 10.1. The fourth-order valence-electron chi connectivity index (χ4n) is 3.01. The summed E-state index contributed by atoms with van der Waals surface area (Å²) >= 11 is 3.37. The first-order valence-corrected chi connectivity index (χ1v) is 9.45. The van der Waals surface area contributed by atoms with Crippen LogP contribution in [-0.2, 0) is 0 Å². The number of rotatable bonds is 8. The van der Waals surface area contributed by atoms with Crippen molar-refractivity contribution in [1.29, 1.82) is 0 Å². The van der Waals surface area contributed by atoms with E-state index >= 15 is 0 Å². The van der Waals surface area contributed by atoms with Crippen molar-refractivity contribution < 1.29 is 19.1 Å². The van der Waals surface area contributed by atoms with Gasteiger partial charge in [0.15, 0.2) is 0 Å². The number of hydrogen-bond donors (Lipinski definition) is 1. The molecular weight excluding hydrogens is 394 g/mol. The Bertz CT molecular complexity index is 736. The Balaban J connectivity index is 1.91. The molecule has 2 aromatic rings. The van der Waals surface area contributed by atoms with Crippen molar-refractivity contribution in [2.24, 2.45) is 0 Å². The monoisotopic (exact) mass is 420 g/mol. The highest BCUT2D eigenvalue weighted by molar-refractivity contribution is 9.10. The number of aliphatic hydroxyl groups is 1. The van der Waals surface area contributed by atoms with Gasteiger partial charge in [0.25, 0.3) is 0 Å². The maximum absolute atomic E-state index is 12.5. The lowest BCUT2D eigenvalue weighted by Gasteiger charge is -2.31. The molecule has 0 amide bonds. The summed E-state index contributed by atoms with van der Waals surface area (Å²) in [4.78, 5) is 12.5. The van der Waals surface area contributed by atoms with Gasteiger partial charge < -0.3 is 14.3 Å². The smallest absolute Gasteiger partial charge is 0.216 e. The summed E-state index contributed by atoms with van der Waals surface area (Å²) in [7, 11) is 3.89. The molecule has 4 nitrogen and oxygen atoms in total. The van der Waals surface area contributed by atoms with Crippen LogP contribution in [0.3, 0.4) is 0 Å². The summed E-state index contributed by atoms with van der Waals surface area (Å²) in [6.45, 7) is 4.95. The molecule has 0 bridgehead atoms. The average Bonchev–Trinajstić information content (AvgIpc) is 2.54. The van der Waals surface area contributed by atoms with E-state index in [0.29, 0.717) is 23.1 Å². The van der Waals surface area contributed by atoms with E-state index in [-0.39, 0.29) is 12.4 Å². The van der Waals surface area contributed by atoms with Gasteiger partial charge in [0, 0.05) is 10.0 Å². The molecule has 5 heteroatoms. The second-order valence-corrected chi connectivity index (χ2v) is 8.31. The fraction of sp³-hybridized carbons (Fsp3) is 0.381. The summed E-state index contributed by atoms with van der Waals surface area (Å²) in [6.07, 6.45) is -0.651. The van der Waals surface area contributed by atoms with Crippen molar-refractivity contribution >= 4 is 21.7 Å². The zero-order valence-corrected chi connectivity index (χ0v) is 17.4. The van der Waals surface area contributed by atoms with Crippen LogP contribution in [0, 0.1) is 13.8 Å². The molecule has 0 saturated carbocycles. The summed E-state index contributed by atoms with van der Waals surface area (Å²) < 4.78 is 7.17. The second-order valence-electron chi connectivity index (χ2n) is 7.39. The van der Waals surface area contributed by atoms with Gasteiger partial charge in [-0.05, 0) is 37.1 Å². The predicted molar refractivity (Wildman–Crippen MR) is 108 cm³/mol. The number of hydrogen-bond acceptors (Lipinski definition) is 3. The molecule has 1 N–H and O–H groups in total. The van der Waals surface area contributed by atoms with Crippen LogP contribution < -0.4 is 4.74 Å². The number of nitrogens with zero attached hydrogens (tertiary/aromatic N) is 1. The molecule has 0 spiro atoms. The van der Waals surface area contributed by atoms with Crippen molar-refractivity contribution in [2.75, 3.05) is 33.8 Å². The molecule has 0 radical (unpaired) electrons. The maximum atomic E-state index is 12.5. The zero-order chi connectivity index (χ0) is 19.3. The Morgan fingerprint density at radius 1 is 1.12 bits per heavy atom. The summed E-state index contributed by atoms with van der Waals surface area (Å²) in [6, 6.07) is 13.3. The number of aliphatic hydroxyl groups excluding tert-OH is 1. The van der Waals surface area contributed by atoms with Gasteiger partial charge in [0.05, 0.1) is 14.1 Å². The summed E-state index contributed by atoms with van der Waals surface area (Å²) in [5, 5.41) is 10.4. The summed E-state index contributed by atoms with van der Waals surface area (Å²) in [5.41, 5.74) is 2.79. The molecule has 0 aliphatic carbocycles. The highest BCUT2D eigenvalue weighted by Gasteiger charge is 2.25. The standard InChI is InChI=1S/C21H27BrNO3/c1-15-6-5-7-16(2)21(15)26-14-19(24)12-23(3,4)13-20(25)17-8-10-18(22)11-9-17/h5-11,19,24H,12-14H2,1-4H3/q+1/t19-/m0/s1. The van der Waals surface area contributed by atoms with Gasteiger partial charge >= 0.3 is 0 Å². The molecular formula is C21H27BrNO3+. The number of likely N-dealkylation sites (N-methyl/N-ethyl adjacent to an activating group) is 1. The van der Waals surface area contributed by atoms with Crippen LogP contribution in [0.2, 0.25) is 0 Å². The third-order valence-electron chi connectivity index (χ3n) is 4.27. The van der Waals surface area contributed by atoms with Crippen LogP contribution in [0.25, 0.3) is 0 Å². The van der Waals surface area contributed by atoms with Crippen LogP contribution >= 0.6 is 15.9 Å². The minimum absolute atomic E-state index is 0.0605. The summed E-state index contributed by atoms with van der Waals surface area (Å²) in [5.74, 6) is 0.883. The fourth-order valence-corrected chi connectivity index (χ4v) is 3.27. The number of aryl methyl sites for hydroxylation is 2. The van der Waals surface area contributed by atoms with E-state index in [1.165, 1.54) is 0 Å². The highest BCUT2D eigenvalue weighted by Crippen LogP contribution is 2.22. The predicted octanol–water partition coefficient (Wildman–Crippen LogP) is 3.76. The third-order valence-corrected chi connectivity index (χ3v) is 4.80. The molecule has 1 atom stereocenters. The van der Waals surface area contributed by atoms with Gasteiger partial charge in [-0.15, -0.1) is 0 Å². The quantitative estimate of drug-likeness (QED) is 0.522. The number of quaternary nitrogens is 1. The lowest BCUT2D eigenvalue weighted by molar-refractivity contribution is -0.885. The van der Waals surface area contributed by atoms with Crippen molar-refractivity contribution in [3.63, 3.8) is 0 Å². The molecule has 2 rings (SSSR count). The van der Waals surface area contributed by atoms with Crippen LogP contribution in [-0.4, -0.2) is 55.3 Å². The topological polar surface area (TPSA) is 46.5 Å². The number of carbonyl (C=O) groups is 1. The van der Waals surface area contributed by atoms with Crippen molar-refractivity contribution in [1.82, 2.24) is 0 Å². The zero-order valence-electron chi connectivity index (χ0n) is 15.8. The first kappa shape index (κ1) is 20.6. The Hall–Kier alpha value is -1.69. The van der Waals surface area contributed by atoms with E-state index in [1.54, 1.807) is 0 Å². The number of carbonyl (C=O) groups excluding carboxylic acids is 1. The SMILES string of the molecule is Cc1cccc(C)c1OC[C@@H](O)C[N+](C)(C)CC(=O)c1ccc(Br)cc1. The Morgan fingerprint density at radius 2 is 1.69 bits per heavy atom. The normalized spacial score (nSPS) is 12.7. The van der Waals surface area contributed by atoms with Crippen LogP contribution in [0.15, 0.2) is 46.9 Å². The van der Waals surface area contributed by atoms with E-state index in [9.17, 15) is 9.90 Å². The Morgan fingerprint density at radius 3 is 2.27 bits per heavy atom. The van der Waals surface area contributed by atoms with Gasteiger partial charge in [-0.1, -0.05) is 46.3 Å². The van der Waals surface area contributed by atoms with Crippen LogP contribution in [0.5, 0.6) is 5.75 Å². The van der Waals surface area contributed by atoms with Crippen molar-refractivity contribution in [2.45, 2.75) is 20.0 Å². The molecule has 0 saturated heterocycles. The van der Waals surface area contributed by atoms with Crippen LogP contribution in [0.1, 0.15) is 21.5 Å². The number of Topliss-reactive ketones (excluding diaryl/α,β-unsaturated/α-hetero) is 1. The first-order valence-electron chi connectivity index (χ1n) is 8.66.